The second kappa shape index (κ2) is 6.87. The summed E-state index contributed by atoms with van der Waals surface area (Å²) < 4.78 is 5.55. The number of hydrogen-bond acceptors (Lipinski definition) is 4. The topological polar surface area (TPSA) is 51.0 Å². The van der Waals surface area contributed by atoms with Crippen molar-refractivity contribution < 1.29 is 4.52 Å². The number of nitrogens with one attached hydrogen (secondary N) is 1. The van der Waals surface area contributed by atoms with Gasteiger partial charge in [0.2, 0.25) is 0 Å². The van der Waals surface area contributed by atoms with Crippen molar-refractivity contribution in [2.45, 2.75) is 51.5 Å². The standard InChI is InChI=1S/C21H25N3O/c1-14-8-6-7-11-17(14)21-18-12-20(22-13-19(18)25-24-21)23-15(2)16-9-4-3-5-10-16/h3-5,9-10,12-15,17H,6-8,11H2,1-2H3,(H,22,23)/t14?,15-,17?/m0/s1. The Labute approximate surface area is 148 Å². The third-order valence-electron chi connectivity index (χ3n) is 5.51. The number of rotatable bonds is 4. The first-order valence-corrected chi connectivity index (χ1v) is 9.29. The summed E-state index contributed by atoms with van der Waals surface area (Å²) in [6, 6.07) is 12.7. The third-order valence-corrected chi connectivity index (χ3v) is 5.51. The van der Waals surface area contributed by atoms with E-state index < -0.39 is 0 Å². The molecular formula is C21H25N3O. The zero-order valence-corrected chi connectivity index (χ0v) is 14.9. The molecule has 3 aromatic rings. The van der Waals surface area contributed by atoms with Crippen LogP contribution in [0, 0.1) is 5.92 Å². The Morgan fingerprint density at radius 3 is 2.76 bits per heavy atom. The minimum Gasteiger partial charge on any atom is -0.364 e. The lowest BCUT2D eigenvalue weighted by Gasteiger charge is -2.27. The molecule has 2 unspecified atom stereocenters. The predicted molar refractivity (Wildman–Crippen MR) is 101 cm³/mol. The Bertz CT molecular complexity index is 843. The fraction of sp³-hybridized carbons (Fsp3) is 0.429. The van der Waals surface area contributed by atoms with Gasteiger partial charge in [-0.05, 0) is 30.9 Å². The van der Waals surface area contributed by atoms with Crippen LogP contribution in [0.4, 0.5) is 5.82 Å². The van der Waals surface area contributed by atoms with Crippen LogP contribution in [0.3, 0.4) is 0 Å². The number of nitrogens with zero attached hydrogens (tertiary/aromatic N) is 2. The summed E-state index contributed by atoms with van der Waals surface area (Å²) in [4.78, 5) is 4.51. The number of fused-ring (bicyclic) bond motifs is 1. The molecule has 0 spiro atoms. The summed E-state index contributed by atoms with van der Waals surface area (Å²) in [5, 5.41) is 9.01. The molecule has 4 nitrogen and oxygen atoms in total. The third kappa shape index (κ3) is 3.26. The van der Waals surface area contributed by atoms with Crippen LogP contribution < -0.4 is 5.32 Å². The predicted octanol–water partition coefficient (Wildman–Crippen LogP) is 5.69. The van der Waals surface area contributed by atoms with Gasteiger partial charge in [0, 0.05) is 12.0 Å². The van der Waals surface area contributed by atoms with Crippen molar-refractivity contribution in [2.75, 3.05) is 5.32 Å². The van der Waals surface area contributed by atoms with E-state index in [2.05, 4.69) is 59.6 Å². The summed E-state index contributed by atoms with van der Waals surface area (Å²) >= 11 is 0. The molecule has 1 fully saturated rings. The summed E-state index contributed by atoms with van der Waals surface area (Å²) in [6.07, 6.45) is 6.88. The zero-order valence-electron chi connectivity index (χ0n) is 14.9. The van der Waals surface area contributed by atoms with Gasteiger partial charge in [-0.15, -0.1) is 0 Å². The summed E-state index contributed by atoms with van der Waals surface area (Å²) in [6.45, 7) is 4.49. The Kier molecular flexibility index (Phi) is 4.43. The van der Waals surface area contributed by atoms with Gasteiger partial charge < -0.3 is 9.84 Å². The fourth-order valence-corrected chi connectivity index (χ4v) is 3.98. The first-order chi connectivity index (χ1) is 12.2. The number of pyridine rings is 1. The zero-order chi connectivity index (χ0) is 17.2. The molecule has 1 saturated carbocycles. The quantitative estimate of drug-likeness (QED) is 0.665. The Hall–Kier alpha value is -2.36. The van der Waals surface area contributed by atoms with Crippen LogP contribution in [-0.4, -0.2) is 10.1 Å². The van der Waals surface area contributed by atoms with Crippen LogP contribution in [0.5, 0.6) is 0 Å². The van der Waals surface area contributed by atoms with Crippen molar-refractivity contribution >= 4 is 16.8 Å². The molecule has 3 atom stereocenters. The highest BCUT2D eigenvalue weighted by molar-refractivity contribution is 5.81. The van der Waals surface area contributed by atoms with Gasteiger partial charge in [-0.25, -0.2) is 4.98 Å². The van der Waals surface area contributed by atoms with Gasteiger partial charge in [0.25, 0.3) is 0 Å². The normalized spacial score (nSPS) is 22.0. The number of aromatic nitrogens is 2. The van der Waals surface area contributed by atoms with Gasteiger partial charge in [-0.2, -0.15) is 0 Å². The SMILES string of the molecule is CC1CCCCC1c1noc2cnc(N[C@@H](C)c3ccccc3)cc12. The number of anilines is 1. The molecular weight excluding hydrogens is 310 g/mol. The molecule has 130 valence electrons. The summed E-state index contributed by atoms with van der Waals surface area (Å²) in [7, 11) is 0. The minimum atomic E-state index is 0.197. The van der Waals surface area contributed by atoms with Crippen molar-refractivity contribution in [3.05, 3.63) is 53.9 Å². The molecule has 0 radical (unpaired) electrons. The lowest BCUT2D eigenvalue weighted by Crippen LogP contribution is -2.15. The molecule has 1 aromatic carbocycles. The maximum atomic E-state index is 5.55. The second-order valence-electron chi connectivity index (χ2n) is 7.28. The number of hydrogen-bond donors (Lipinski definition) is 1. The highest BCUT2D eigenvalue weighted by Gasteiger charge is 2.27. The first kappa shape index (κ1) is 16.1. The lowest BCUT2D eigenvalue weighted by atomic mass is 9.78. The van der Waals surface area contributed by atoms with Gasteiger partial charge in [-0.3, -0.25) is 0 Å². The molecule has 2 aromatic heterocycles. The average molecular weight is 335 g/mol. The Balaban J connectivity index is 1.62. The van der Waals surface area contributed by atoms with Gasteiger partial charge >= 0.3 is 0 Å². The smallest absolute Gasteiger partial charge is 0.185 e. The van der Waals surface area contributed by atoms with E-state index in [9.17, 15) is 0 Å². The van der Waals surface area contributed by atoms with E-state index >= 15 is 0 Å². The van der Waals surface area contributed by atoms with E-state index in [1.807, 2.05) is 6.07 Å². The van der Waals surface area contributed by atoms with E-state index in [1.165, 1.54) is 31.2 Å². The molecule has 1 aliphatic rings. The van der Waals surface area contributed by atoms with Crippen molar-refractivity contribution in [2.24, 2.45) is 5.92 Å². The molecule has 4 heteroatoms. The largest absolute Gasteiger partial charge is 0.364 e. The van der Waals surface area contributed by atoms with E-state index in [0.717, 1.165) is 22.5 Å². The van der Waals surface area contributed by atoms with Crippen molar-refractivity contribution in [3.8, 4) is 0 Å². The molecule has 2 heterocycles. The molecule has 0 bridgehead atoms. The van der Waals surface area contributed by atoms with Gasteiger partial charge in [0.05, 0.1) is 17.3 Å². The van der Waals surface area contributed by atoms with Crippen LogP contribution in [0.1, 0.15) is 62.7 Å². The van der Waals surface area contributed by atoms with Crippen molar-refractivity contribution in [3.63, 3.8) is 0 Å². The molecule has 1 aliphatic carbocycles. The van der Waals surface area contributed by atoms with Gasteiger partial charge in [0.1, 0.15) is 5.82 Å². The van der Waals surface area contributed by atoms with E-state index in [4.69, 9.17) is 4.52 Å². The molecule has 0 amide bonds. The molecule has 0 aliphatic heterocycles. The molecule has 4 rings (SSSR count). The van der Waals surface area contributed by atoms with Crippen molar-refractivity contribution in [1.29, 1.82) is 0 Å². The van der Waals surface area contributed by atoms with Gasteiger partial charge in [0.15, 0.2) is 5.58 Å². The lowest BCUT2D eigenvalue weighted by molar-refractivity contribution is 0.314. The molecule has 1 N–H and O–H groups in total. The fourth-order valence-electron chi connectivity index (χ4n) is 3.98. The average Bonchev–Trinajstić information content (AvgIpc) is 3.06. The van der Waals surface area contributed by atoms with E-state index in [-0.39, 0.29) is 6.04 Å². The van der Waals surface area contributed by atoms with E-state index in [0.29, 0.717) is 11.8 Å². The summed E-state index contributed by atoms with van der Waals surface area (Å²) in [5.74, 6) is 2.03. The maximum absolute atomic E-state index is 5.55. The molecule has 25 heavy (non-hydrogen) atoms. The van der Waals surface area contributed by atoms with E-state index in [1.54, 1.807) is 6.20 Å². The number of benzene rings is 1. The summed E-state index contributed by atoms with van der Waals surface area (Å²) in [5.41, 5.74) is 3.14. The highest BCUT2D eigenvalue weighted by Crippen LogP contribution is 2.40. The monoisotopic (exact) mass is 335 g/mol. The Morgan fingerprint density at radius 2 is 1.96 bits per heavy atom. The van der Waals surface area contributed by atoms with Crippen LogP contribution in [0.2, 0.25) is 0 Å². The Morgan fingerprint density at radius 1 is 1.16 bits per heavy atom. The second-order valence-corrected chi connectivity index (χ2v) is 7.28. The van der Waals surface area contributed by atoms with Crippen LogP contribution >= 0.6 is 0 Å². The molecule has 0 saturated heterocycles. The highest BCUT2D eigenvalue weighted by atomic mass is 16.5. The van der Waals surface area contributed by atoms with Crippen molar-refractivity contribution in [1.82, 2.24) is 10.1 Å². The van der Waals surface area contributed by atoms with Crippen LogP contribution in [0.15, 0.2) is 47.1 Å². The minimum absolute atomic E-state index is 0.197. The maximum Gasteiger partial charge on any atom is 0.185 e. The van der Waals surface area contributed by atoms with Gasteiger partial charge in [-0.1, -0.05) is 61.7 Å². The van der Waals surface area contributed by atoms with Crippen LogP contribution in [0.25, 0.3) is 11.0 Å². The van der Waals surface area contributed by atoms with Crippen LogP contribution in [-0.2, 0) is 0 Å². The first-order valence-electron chi connectivity index (χ1n) is 9.29.